The second-order valence-corrected chi connectivity index (χ2v) is 2.87. The van der Waals surface area contributed by atoms with Crippen molar-refractivity contribution in [3.05, 3.63) is 0 Å². The van der Waals surface area contributed by atoms with Crippen molar-refractivity contribution in [3.63, 3.8) is 0 Å². The summed E-state index contributed by atoms with van der Waals surface area (Å²) in [4.78, 5) is 21.1. The maximum absolute atomic E-state index is 10.7. The van der Waals surface area contributed by atoms with Crippen LogP contribution in [0.3, 0.4) is 0 Å². The van der Waals surface area contributed by atoms with E-state index in [1.807, 2.05) is 6.92 Å². The Morgan fingerprint density at radius 3 is 2.40 bits per heavy atom. The number of hydrogen-bond donors (Lipinski definition) is 1. The van der Waals surface area contributed by atoms with Gasteiger partial charge in [-0.3, -0.25) is 9.59 Å². The fourth-order valence-corrected chi connectivity index (χ4v) is 1.36. The minimum atomic E-state index is -0.835. The van der Waals surface area contributed by atoms with Crippen LogP contribution in [0, 0.1) is 11.8 Å². The first-order chi connectivity index (χ1) is 4.61. The predicted molar refractivity (Wildman–Crippen MR) is 34.5 cm³/mol. The molecule has 10 heavy (non-hydrogen) atoms. The second kappa shape index (κ2) is 2.40. The van der Waals surface area contributed by atoms with Gasteiger partial charge in [0.1, 0.15) is 5.78 Å². The highest BCUT2D eigenvalue weighted by Crippen LogP contribution is 2.28. The Labute approximate surface area is 59.0 Å². The fourth-order valence-electron chi connectivity index (χ4n) is 1.36. The normalized spacial score (nSPS) is 32.7. The van der Waals surface area contributed by atoms with Gasteiger partial charge >= 0.3 is 5.97 Å². The first-order valence-electron chi connectivity index (χ1n) is 3.35. The third-order valence-corrected chi connectivity index (χ3v) is 2.00. The summed E-state index contributed by atoms with van der Waals surface area (Å²) >= 11 is 0. The molecule has 1 N–H and O–H groups in total. The molecule has 0 aromatic heterocycles. The molecule has 1 aliphatic carbocycles. The van der Waals surface area contributed by atoms with Gasteiger partial charge in [-0.1, -0.05) is 6.92 Å². The Morgan fingerprint density at radius 1 is 1.60 bits per heavy atom. The summed E-state index contributed by atoms with van der Waals surface area (Å²) in [7, 11) is 0. The van der Waals surface area contributed by atoms with Crippen molar-refractivity contribution in [2.45, 2.75) is 19.8 Å². The molecule has 1 saturated carbocycles. The average molecular weight is 142 g/mol. The Balaban J connectivity index is 2.63. The molecule has 3 heteroatoms. The molecule has 2 atom stereocenters. The highest BCUT2D eigenvalue weighted by Gasteiger charge is 2.34. The summed E-state index contributed by atoms with van der Waals surface area (Å²) < 4.78 is 0. The van der Waals surface area contributed by atoms with E-state index in [9.17, 15) is 9.59 Å². The van der Waals surface area contributed by atoms with Crippen molar-refractivity contribution in [1.29, 1.82) is 0 Å². The summed E-state index contributed by atoms with van der Waals surface area (Å²) in [5.41, 5.74) is 0. The zero-order chi connectivity index (χ0) is 7.72. The summed E-state index contributed by atoms with van der Waals surface area (Å²) in [6.07, 6.45) is 0.674. The van der Waals surface area contributed by atoms with Crippen molar-refractivity contribution >= 4 is 11.8 Å². The third-order valence-electron chi connectivity index (χ3n) is 2.00. The van der Waals surface area contributed by atoms with E-state index in [0.717, 1.165) is 0 Å². The van der Waals surface area contributed by atoms with Gasteiger partial charge in [-0.15, -0.1) is 0 Å². The number of ketones is 1. The van der Waals surface area contributed by atoms with Crippen molar-refractivity contribution < 1.29 is 14.7 Å². The second-order valence-electron chi connectivity index (χ2n) is 2.87. The fraction of sp³-hybridized carbons (Fsp3) is 0.714. The number of carboxylic acid groups (broad SMARTS) is 1. The number of carbonyl (C=O) groups excluding carboxylic acids is 1. The van der Waals surface area contributed by atoms with Gasteiger partial charge in [-0.25, -0.2) is 0 Å². The van der Waals surface area contributed by atoms with E-state index in [0.29, 0.717) is 6.42 Å². The van der Waals surface area contributed by atoms with Gasteiger partial charge < -0.3 is 5.11 Å². The van der Waals surface area contributed by atoms with Crippen LogP contribution in [-0.2, 0) is 9.59 Å². The Bertz CT molecular complexity index is 174. The van der Waals surface area contributed by atoms with Crippen LogP contribution in [0.4, 0.5) is 0 Å². The molecular weight excluding hydrogens is 132 g/mol. The van der Waals surface area contributed by atoms with Crippen molar-refractivity contribution in [2.24, 2.45) is 11.8 Å². The van der Waals surface area contributed by atoms with E-state index in [-0.39, 0.29) is 18.1 Å². The van der Waals surface area contributed by atoms with E-state index < -0.39 is 11.9 Å². The molecule has 0 radical (unpaired) electrons. The maximum Gasteiger partial charge on any atom is 0.307 e. The third kappa shape index (κ3) is 1.17. The number of hydrogen-bond acceptors (Lipinski definition) is 2. The van der Waals surface area contributed by atoms with Crippen molar-refractivity contribution in [2.75, 3.05) is 0 Å². The maximum atomic E-state index is 10.7. The molecule has 0 saturated heterocycles. The van der Waals surface area contributed by atoms with Crippen LogP contribution in [0.15, 0.2) is 0 Å². The molecule has 0 amide bonds. The van der Waals surface area contributed by atoms with Crippen LogP contribution in [0.2, 0.25) is 0 Å². The monoisotopic (exact) mass is 142 g/mol. The van der Waals surface area contributed by atoms with E-state index in [2.05, 4.69) is 0 Å². The van der Waals surface area contributed by atoms with Crippen LogP contribution in [-0.4, -0.2) is 16.9 Å². The zero-order valence-corrected chi connectivity index (χ0v) is 5.83. The minimum absolute atomic E-state index is 0.0324. The average Bonchev–Trinajstić information content (AvgIpc) is 2.10. The van der Waals surface area contributed by atoms with Crippen LogP contribution in [0.5, 0.6) is 0 Å². The van der Waals surface area contributed by atoms with E-state index in [1.54, 1.807) is 0 Å². The predicted octanol–water partition coefficient (Wildman–Crippen LogP) is 0.686. The molecule has 3 nitrogen and oxygen atoms in total. The van der Waals surface area contributed by atoms with Gasteiger partial charge in [0.25, 0.3) is 0 Å². The molecular formula is C7H10O3. The molecule has 0 aliphatic heterocycles. The van der Waals surface area contributed by atoms with Crippen molar-refractivity contribution in [1.82, 2.24) is 0 Å². The smallest absolute Gasteiger partial charge is 0.307 e. The van der Waals surface area contributed by atoms with Crippen LogP contribution in [0.1, 0.15) is 19.8 Å². The molecule has 1 rings (SSSR count). The van der Waals surface area contributed by atoms with Gasteiger partial charge in [0.2, 0.25) is 0 Å². The Hall–Kier alpha value is -0.860. The molecule has 0 aromatic rings. The molecule has 0 spiro atoms. The summed E-state index contributed by atoms with van der Waals surface area (Å²) in [5, 5.41) is 8.55. The Morgan fingerprint density at radius 2 is 2.20 bits per heavy atom. The lowest BCUT2D eigenvalue weighted by atomic mass is 9.99. The standard InChI is InChI=1S/C7H10O3/c1-4-2-5(8)3-6(4)7(9)10/h4,6H,2-3H2,1H3,(H,9,10)/t4-,6+/m0/s1. The largest absolute Gasteiger partial charge is 0.481 e. The number of Topliss-reactive ketones (excluding diaryl/α,β-unsaturated/α-hetero) is 1. The van der Waals surface area contributed by atoms with E-state index >= 15 is 0 Å². The van der Waals surface area contributed by atoms with Crippen LogP contribution in [0.25, 0.3) is 0 Å². The highest BCUT2D eigenvalue weighted by molar-refractivity contribution is 5.87. The van der Waals surface area contributed by atoms with Gasteiger partial charge in [0, 0.05) is 12.8 Å². The van der Waals surface area contributed by atoms with Crippen LogP contribution < -0.4 is 0 Å². The van der Waals surface area contributed by atoms with Gasteiger partial charge in [-0.2, -0.15) is 0 Å². The topological polar surface area (TPSA) is 54.4 Å². The molecule has 1 fully saturated rings. The summed E-state index contributed by atoms with van der Waals surface area (Å²) in [6, 6.07) is 0. The molecule has 0 unspecified atom stereocenters. The molecule has 56 valence electrons. The molecule has 0 bridgehead atoms. The van der Waals surface area contributed by atoms with E-state index in [4.69, 9.17) is 5.11 Å². The first kappa shape index (κ1) is 7.25. The number of carbonyl (C=O) groups is 2. The lowest BCUT2D eigenvalue weighted by Crippen LogP contribution is -2.15. The lowest BCUT2D eigenvalue weighted by Gasteiger charge is -2.06. The molecule has 1 aliphatic rings. The summed E-state index contributed by atoms with van der Waals surface area (Å²) in [5.74, 6) is -1.14. The zero-order valence-electron chi connectivity index (χ0n) is 5.83. The highest BCUT2D eigenvalue weighted by atomic mass is 16.4. The van der Waals surface area contributed by atoms with Crippen LogP contribution >= 0.6 is 0 Å². The summed E-state index contributed by atoms with van der Waals surface area (Å²) in [6.45, 7) is 1.81. The minimum Gasteiger partial charge on any atom is -0.481 e. The SMILES string of the molecule is C[C@H]1CC(=O)C[C@H]1C(=O)O. The van der Waals surface area contributed by atoms with E-state index in [1.165, 1.54) is 0 Å². The quantitative estimate of drug-likeness (QED) is 0.586. The number of rotatable bonds is 1. The lowest BCUT2D eigenvalue weighted by molar-refractivity contribution is -0.143. The molecule has 0 aromatic carbocycles. The number of aliphatic carboxylic acids is 1. The molecule has 0 heterocycles. The van der Waals surface area contributed by atoms with Gasteiger partial charge in [0.15, 0.2) is 0 Å². The number of carboxylic acids is 1. The van der Waals surface area contributed by atoms with Crippen molar-refractivity contribution in [3.8, 4) is 0 Å². The van der Waals surface area contributed by atoms with Gasteiger partial charge in [-0.05, 0) is 5.92 Å². The first-order valence-corrected chi connectivity index (χ1v) is 3.35. The Kier molecular flexibility index (Phi) is 1.74. The van der Waals surface area contributed by atoms with Gasteiger partial charge in [0.05, 0.1) is 5.92 Å².